The monoisotopic (exact) mass is 389 g/mol. The first-order valence-electron chi connectivity index (χ1n) is 6.87. The molecule has 1 aromatic rings. The molecule has 0 saturated heterocycles. The molecular formula is C15H20INO3. The van der Waals surface area contributed by atoms with E-state index in [4.69, 9.17) is 9.47 Å². The van der Waals surface area contributed by atoms with Crippen molar-refractivity contribution in [3.8, 4) is 0 Å². The zero-order chi connectivity index (χ0) is 14.4. The van der Waals surface area contributed by atoms with E-state index in [9.17, 15) is 4.79 Å². The molecule has 1 heterocycles. The molecule has 0 radical (unpaired) electrons. The van der Waals surface area contributed by atoms with Gasteiger partial charge in [0.1, 0.15) is 0 Å². The predicted molar refractivity (Wildman–Crippen MR) is 86.1 cm³/mol. The fourth-order valence-electron chi connectivity index (χ4n) is 2.29. The summed E-state index contributed by atoms with van der Waals surface area (Å²) in [5, 5.41) is 0. The van der Waals surface area contributed by atoms with Crippen molar-refractivity contribution >= 4 is 28.5 Å². The fourth-order valence-corrected chi connectivity index (χ4v) is 2.78. The number of hydrogen-bond acceptors (Lipinski definition) is 3. The van der Waals surface area contributed by atoms with Gasteiger partial charge in [0.2, 0.25) is 0 Å². The molecule has 1 aromatic carbocycles. The van der Waals surface area contributed by atoms with Crippen molar-refractivity contribution in [3.05, 3.63) is 32.9 Å². The number of methoxy groups -OCH3 is 1. The SMILES string of the molecule is COCCCOCCN1CCc2ccc(I)cc2C1=O. The van der Waals surface area contributed by atoms with Crippen LogP contribution in [0, 0.1) is 3.57 Å². The van der Waals surface area contributed by atoms with Gasteiger partial charge in [-0.1, -0.05) is 6.07 Å². The number of fused-ring (bicyclic) bond motifs is 1. The van der Waals surface area contributed by atoms with Gasteiger partial charge in [-0.15, -0.1) is 0 Å². The number of carbonyl (C=O) groups excluding carboxylic acids is 1. The van der Waals surface area contributed by atoms with Gasteiger partial charge in [-0.2, -0.15) is 0 Å². The third-order valence-electron chi connectivity index (χ3n) is 3.38. The molecule has 1 aliphatic rings. The van der Waals surface area contributed by atoms with Crippen molar-refractivity contribution in [2.45, 2.75) is 12.8 Å². The van der Waals surface area contributed by atoms with Gasteiger partial charge in [0.05, 0.1) is 6.61 Å². The molecule has 20 heavy (non-hydrogen) atoms. The summed E-state index contributed by atoms with van der Waals surface area (Å²) in [4.78, 5) is 14.3. The topological polar surface area (TPSA) is 38.8 Å². The number of benzene rings is 1. The molecule has 0 fully saturated rings. The Balaban J connectivity index is 1.82. The fraction of sp³-hybridized carbons (Fsp3) is 0.533. The molecule has 0 aliphatic carbocycles. The lowest BCUT2D eigenvalue weighted by atomic mass is 9.99. The number of halogens is 1. The Kier molecular flexibility index (Phi) is 6.25. The first kappa shape index (κ1) is 15.7. The van der Waals surface area contributed by atoms with Crippen LogP contribution >= 0.6 is 22.6 Å². The highest BCUT2D eigenvalue weighted by molar-refractivity contribution is 14.1. The zero-order valence-corrected chi connectivity index (χ0v) is 13.9. The molecule has 0 atom stereocenters. The standard InChI is InChI=1S/C15H20INO3/c1-19-8-2-9-20-10-7-17-6-5-12-3-4-13(16)11-14(12)15(17)18/h3-4,11H,2,5-10H2,1H3. The molecule has 0 unspecified atom stereocenters. The van der Waals surface area contributed by atoms with Gasteiger partial charge in [0, 0.05) is 42.5 Å². The minimum absolute atomic E-state index is 0.130. The predicted octanol–water partition coefficient (Wildman–Crippen LogP) is 2.34. The highest BCUT2D eigenvalue weighted by Crippen LogP contribution is 2.21. The van der Waals surface area contributed by atoms with Crippen molar-refractivity contribution in [3.63, 3.8) is 0 Å². The molecule has 5 heteroatoms. The molecular weight excluding hydrogens is 369 g/mol. The molecule has 4 nitrogen and oxygen atoms in total. The van der Waals surface area contributed by atoms with Crippen molar-refractivity contribution in [1.82, 2.24) is 4.90 Å². The van der Waals surface area contributed by atoms with E-state index < -0.39 is 0 Å². The van der Waals surface area contributed by atoms with Crippen LogP contribution in [-0.2, 0) is 15.9 Å². The second-order valence-corrected chi connectivity index (χ2v) is 6.05. The van der Waals surface area contributed by atoms with E-state index in [1.165, 1.54) is 0 Å². The zero-order valence-electron chi connectivity index (χ0n) is 11.7. The van der Waals surface area contributed by atoms with E-state index in [1.807, 2.05) is 11.0 Å². The molecule has 0 saturated carbocycles. The first-order chi connectivity index (χ1) is 9.72. The van der Waals surface area contributed by atoms with Crippen LogP contribution in [0.4, 0.5) is 0 Å². The number of amides is 1. The minimum Gasteiger partial charge on any atom is -0.385 e. The van der Waals surface area contributed by atoms with Crippen molar-refractivity contribution in [2.24, 2.45) is 0 Å². The van der Waals surface area contributed by atoms with E-state index in [-0.39, 0.29) is 5.91 Å². The third kappa shape index (κ3) is 4.17. The van der Waals surface area contributed by atoms with E-state index in [0.717, 1.165) is 34.1 Å². The summed E-state index contributed by atoms with van der Waals surface area (Å²) in [6.07, 6.45) is 1.83. The second kappa shape index (κ2) is 7.95. The Morgan fingerprint density at radius 1 is 1.30 bits per heavy atom. The number of hydrogen-bond donors (Lipinski definition) is 0. The maximum atomic E-state index is 12.4. The summed E-state index contributed by atoms with van der Waals surface area (Å²) in [6.45, 7) is 3.44. The summed E-state index contributed by atoms with van der Waals surface area (Å²) >= 11 is 2.24. The maximum Gasteiger partial charge on any atom is 0.254 e. The van der Waals surface area contributed by atoms with Crippen LogP contribution in [0.1, 0.15) is 22.3 Å². The van der Waals surface area contributed by atoms with Crippen LogP contribution in [0.3, 0.4) is 0 Å². The van der Waals surface area contributed by atoms with Crippen LogP contribution < -0.4 is 0 Å². The smallest absolute Gasteiger partial charge is 0.254 e. The Labute approximate surface area is 133 Å². The van der Waals surface area contributed by atoms with E-state index in [2.05, 4.69) is 34.7 Å². The van der Waals surface area contributed by atoms with Crippen LogP contribution in [0.2, 0.25) is 0 Å². The molecule has 1 amide bonds. The lowest BCUT2D eigenvalue weighted by Crippen LogP contribution is -2.39. The lowest BCUT2D eigenvalue weighted by Gasteiger charge is -2.28. The number of nitrogens with zero attached hydrogens (tertiary/aromatic N) is 1. The van der Waals surface area contributed by atoms with Gasteiger partial charge >= 0.3 is 0 Å². The highest BCUT2D eigenvalue weighted by atomic mass is 127. The summed E-state index contributed by atoms with van der Waals surface area (Å²) < 4.78 is 11.6. The third-order valence-corrected chi connectivity index (χ3v) is 4.05. The molecule has 0 aromatic heterocycles. The largest absolute Gasteiger partial charge is 0.385 e. The van der Waals surface area contributed by atoms with Crippen molar-refractivity contribution < 1.29 is 14.3 Å². The summed E-state index contributed by atoms with van der Waals surface area (Å²) in [7, 11) is 1.69. The number of carbonyl (C=O) groups is 1. The second-order valence-electron chi connectivity index (χ2n) is 4.80. The lowest BCUT2D eigenvalue weighted by molar-refractivity contribution is 0.0589. The normalized spacial score (nSPS) is 14.5. The minimum atomic E-state index is 0.130. The van der Waals surface area contributed by atoms with Crippen LogP contribution in [0.25, 0.3) is 0 Å². The van der Waals surface area contributed by atoms with Gasteiger partial charge in [-0.25, -0.2) is 0 Å². The number of rotatable bonds is 7. The van der Waals surface area contributed by atoms with Crippen LogP contribution in [0.5, 0.6) is 0 Å². The van der Waals surface area contributed by atoms with E-state index in [0.29, 0.717) is 26.4 Å². The van der Waals surface area contributed by atoms with E-state index >= 15 is 0 Å². The highest BCUT2D eigenvalue weighted by Gasteiger charge is 2.23. The molecule has 110 valence electrons. The first-order valence-corrected chi connectivity index (χ1v) is 7.94. The summed E-state index contributed by atoms with van der Waals surface area (Å²) in [5.41, 5.74) is 2.01. The average Bonchev–Trinajstić information content (AvgIpc) is 2.45. The quantitative estimate of drug-likeness (QED) is 0.531. The molecule has 0 spiro atoms. The van der Waals surface area contributed by atoms with Crippen LogP contribution in [-0.4, -0.2) is 50.8 Å². The Morgan fingerprint density at radius 2 is 2.15 bits per heavy atom. The van der Waals surface area contributed by atoms with E-state index in [1.54, 1.807) is 7.11 Å². The van der Waals surface area contributed by atoms with Gasteiger partial charge in [0.25, 0.3) is 5.91 Å². The van der Waals surface area contributed by atoms with Crippen molar-refractivity contribution in [1.29, 1.82) is 0 Å². The molecule has 0 N–H and O–H groups in total. The summed E-state index contributed by atoms with van der Waals surface area (Å²) in [5.74, 6) is 0.130. The summed E-state index contributed by atoms with van der Waals surface area (Å²) in [6, 6.07) is 6.10. The number of ether oxygens (including phenoxy) is 2. The van der Waals surface area contributed by atoms with Gasteiger partial charge in [-0.05, 0) is 53.1 Å². The van der Waals surface area contributed by atoms with Crippen molar-refractivity contribution in [2.75, 3.05) is 40.0 Å². The maximum absolute atomic E-state index is 12.4. The average molecular weight is 389 g/mol. The molecule has 1 aliphatic heterocycles. The Bertz CT molecular complexity index is 464. The molecule has 2 rings (SSSR count). The van der Waals surface area contributed by atoms with Gasteiger partial charge in [-0.3, -0.25) is 4.79 Å². The molecule has 0 bridgehead atoms. The van der Waals surface area contributed by atoms with Gasteiger partial charge < -0.3 is 14.4 Å². The Morgan fingerprint density at radius 3 is 2.95 bits per heavy atom. The van der Waals surface area contributed by atoms with Gasteiger partial charge in [0.15, 0.2) is 0 Å². The Hall–Kier alpha value is -0.660. The van der Waals surface area contributed by atoms with Crippen LogP contribution in [0.15, 0.2) is 18.2 Å².